The molecule has 0 unspecified atom stereocenters. The summed E-state index contributed by atoms with van der Waals surface area (Å²) in [6.45, 7) is 6.15. The number of carbonyl (C=O) groups is 1. The normalized spacial score (nSPS) is 19.5. The van der Waals surface area contributed by atoms with E-state index in [1.54, 1.807) is 0 Å². The van der Waals surface area contributed by atoms with Crippen molar-refractivity contribution in [2.75, 3.05) is 0 Å². The molecule has 2 heterocycles. The molecule has 5 heteroatoms. The van der Waals surface area contributed by atoms with Gasteiger partial charge in [0.15, 0.2) is 0 Å². The molecule has 128 valence electrons. The van der Waals surface area contributed by atoms with Crippen molar-refractivity contribution in [3.8, 4) is 0 Å². The summed E-state index contributed by atoms with van der Waals surface area (Å²) in [6.07, 6.45) is 6.78. The van der Waals surface area contributed by atoms with Gasteiger partial charge in [-0.1, -0.05) is 32.3 Å². The lowest BCUT2D eigenvalue weighted by Gasteiger charge is -2.34. The van der Waals surface area contributed by atoms with Crippen LogP contribution in [0.5, 0.6) is 0 Å². The SMILES string of the molecule is CCc1cc(C(=O)NC2(C3CCC3)CC2)c2c(C(C)C)noc2n1. The predicted molar refractivity (Wildman–Crippen MR) is 92.0 cm³/mol. The van der Waals surface area contributed by atoms with Crippen LogP contribution in [0, 0.1) is 5.92 Å². The summed E-state index contributed by atoms with van der Waals surface area (Å²) in [5, 5.41) is 8.30. The van der Waals surface area contributed by atoms with Crippen molar-refractivity contribution in [2.24, 2.45) is 5.92 Å². The van der Waals surface area contributed by atoms with E-state index < -0.39 is 0 Å². The van der Waals surface area contributed by atoms with Crippen LogP contribution in [0.4, 0.5) is 0 Å². The maximum atomic E-state index is 13.1. The first-order valence-electron chi connectivity index (χ1n) is 9.16. The van der Waals surface area contributed by atoms with Crippen LogP contribution in [0.3, 0.4) is 0 Å². The molecule has 24 heavy (non-hydrogen) atoms. The zero-order valence-electron chi connectivity index (χ0n) is 14.7. The molecular formula is C19H25N3O2. The van der Waals surface area contributed by atoms with Gasteiger partial charge in [-0.2, -0.15) is 0 Å². The number of nitrogens with one attached hydrogen (secondary N) is 1. The van der Waals surface area contributed by atoms with Gasteiger partial charge in [0.2, 0.25) is 0 Å². The molecule has 1 N–H and O–H groups in total. The largest absolute Gasteiger partial charge is 0.346 e. The molecule has 0 aliphatic heterocycles. The van der Waals surface area contributed by atoms with Crippen LogP contribution in [0.25, 0.3) is 11.1 Å². The van der Waals surface area contributed by atoms with Crippen molar-refractivity contribution in [2.45, 2.75) is 70.8 Å². The van der Waals surface area contributed by atoms with Gasteiger partial charge >= 0.3 is 0 Å². The fraction of sp³-hybridized carbons (Fsp3) is 0.632. The van der Waals surface area contributed by atoms with Crippen LogP contribution in [-0.4, -0.2) is 21.6 Å². The maximum Gasteiger partial charge on any atom is 0.259 e. The van der Waals surface area contributed by atoms with Gasteiger partial charge in [-0.05, 0) is 50.0 Å². The van der Waals surface area contributed by atoms with E-state index in [1.807, 2.05) is 13.0 Å². The number of pyridine rings is 1. The molecule has 0 aromatic carbocycles. The highest BCUT2D eigenvalue weighted by atomic mass is 16.5. The number of aryl methyl sites for hydroxylation is 1. The molecule has 0 radical (unpaired) electrons. The van der Waals surface area contributed by atoms with Crippen molar-refractivity contribution < 1.29 is 9.32 Å². The summed E-state index contributed by atoms with van der Waals surface area (Å²) in [4.78, 5) is 17.6. The van der Waals surface area contributed by atoms with Gasteiger partial charge < -0.3 is 9.84 Å². The quantitative estimate of drug-likeness (QED) is 0.902. The maximum absolute atomic E-state index is 13.1. The standard InChI is InChI=1S/C19H25N3O2/c1-4-13-10-14(15-16(11(2)3)22-24-18(15)20-13)17(23)21-19(8-9-19)12-6-5-7-12/h10-12H,4-9H2,1-3H3,(H,21,23). The first kappa shape index (κ1) is 15.6. The number of aromatic nitrogens is 2. The Labute approximate surface area is 142 Å². The topological polar surface area (TPSA) is 68.0 Å². The highest BCUT2D eigenvalue weighted by Gasteiger charge is 2.52. The van der Waals surface area contributed by atoms with E-state index in [9.17, 15) is 4.79 Å². The lowest BCUT2D eigenvalue weighted by Crippen LogP contribution is -2.45. The Morgan fingerprint density at radius 2 is 2.17 bits per heavy atom. The monoisotopic (exact) mass is 327 g/mol. The summed E-state index contributed by atoms with van der Waals surface area (Å²) in [5.41, 5.74) is 2.89. The third-order valence-corrected chi connectivity index (χ3v) is 5.72. The molecule has 0 saturated heterocycles. The third kappa shape index (κ3) is 2.41. The van der Waals surface area contributed by atoms with E-state index in [2.05, 4.69) is 29.3 Å². The van der Waals surface area contributed by atoms with E-state index in [1.165, 1.54) is 19.3 Å². The molecule has 0 bridgehead atoms. The average molecular weight is 327 g/mol. The van der Waals surface area contributed by atoms with Crippen LogP contribution in [0.2, 0.25) is 0 Å². The lowest BCUT2D eigenvalue weighted by molar-refractivity contribution is 0.0888. The summed E-state index contributed by atoms with van der Waals surface area (Å²) >= 11 is 0. The Morgan fingerprint density at radius 1 is 1.42 bits per heavy atom. The second-order valence-corrected chi connectivity index (χ2v) is 7.66. The van der Waals surface area contributed by atoms with Crippen molar-refractivity contribution >= 4 is 17.0 Å². The number of hydrogen-bond donors (Lipinski definition) is 1. The van der Waals surface area contributed by atoms with Crippen LogP contribution >= 0.6 is 0 Å². The number of carbonyl (C=O) groups excluding carboxylic acids is 1. The second kappa shape index (κ2) is 5.57. The van der Waals surface area contributed by atoms with E-state index in [0.29, 0.717) is 17.2 Å². The smallest absolute Gasteiger partial charge is 0.259 e. The van der Waals surface area contributed by atoms with Gasteiger partial charge in [0, 0.05) is 11.2 Å². The van der Waals surface area contributed by atoms with E-state index in [4.69, 9.17) is 4.52 Å². The molecule has 2 aliphatic carbocycles. The van der Waals surface area contributed by atoms with Crippen LogP contribution < -0.4 is 5.32 Å². The van der Waals surface area contributed by atoms with Crippen molar-refractivity contribution in [3.63, 3.8) is 0 Å². The summed E-state index contributed by atoms with van der Waals surface area (Å²) in [7, 11) is 0. The first-order chi connectivity index (χ1) is 11.5. The van der Waals surface area contributed by atoms with E-state index >= 15 is 0 Å². The minimum atomic E-state index is 0.00611. The number of fused-ring (bicyclic) bond motifs is 1. The zero-order valence-corrected chi connectivity index (χ0v) is 14.7. The van der Waals surface area contributed by atoms with E-state index in [-0.39, 0.29) is 17.4 Å². The summed E-state index contributed by atoms with van der Waals surface area (Å²) in [6, 6.07) is 1.91. The molecule has 0 spiro atoms. The van der Waals surface area contributed by atoms with Gasteiger partial charge in [-0.25, -0.2) is 4.98 Å². The molecule has 2 saturated carbocycles. The molecule has 2 aromatic heterocycles. The molecule has 5 nitrogen and oxygen atoms in total. The summed E-state index contributed by atoms with van der Waals surface area (Å²) in [5.74, 6) is 0.858. The van der Waals surface area contributed by atoms with Gasteiger partial charge in [0.25, 0.3) is 11.6 Å². The second-order valence-electron chi connectivity index (χ2n) is 7.66. The fourth-order valence-corrected chi connectivity index (χ4v) is 3.80. The van der Waals surface area contributed by atoms with E-state index in [0.717, 1.165) is 36.0 Å². The minimum absolute atomic E-state index is 0.00611. The number of rotatable bonds is 5. The van der Waals surface area contributed by atoms with Crippen LogP contribution in [0.1, 0.15) is 80.5 Å². The predicted octanol–water partition coefficient (Wildman–Crippen LogP) is 3.97. The van der Waals surface area contributed by atoms with Crippen LogP contribution in [-0.2, 0) is 6.42 Å². The Bertz CT molecular complexity index is 785. The molecule has 2 fully saturated rings. The molecule has 1 amide bonds. The highest BCUT2D eigenvalue weighted by Crippen LogP contribution is 2.51. The molecular weight excluding hydrogens is 302 g/mol. The molecule has 2 aromatic rings. The van der Waals surface area contributed by atoms with Crippen molar-refractivity contribution in [1.29, 1.82) is 0 Å². The fourth-order valence-electron chi connectivity index (χ4n) is 3.80. The Balaban J connectivity index is 1.73. The number of hydrogen-bond acceptors (Lipinski definition) is 4. The Kier molecular flexibility index (Phi) is 3.62. The van der Waals surface area contributed by atoms with Crippen molar-refractivity contribution in [1.82, 2.24) is 15.5 Å². The van der Waals surface area contributed by atoms with Gasteiger partial charge in [-0.15, -0.1) is 0 Å². The minimum Gasteiger partial charge on any atom is -0.346 e. The Hall–Kier alpha value is -1.91. The first-order valence-corrected chi connectivity index (χ1v) is 9.16. The number of nitrogens with zero attached hydrogens (tertiary/aromatic N) is 2. The lowest BCUT2D eigenvalue weighted by atomic mass is 9.78. The summed E-state index contributed by atoms with van der Waals surface area (Å²) < 4.78 is 5.43. The number of amides is 1. The average Bonchev–Trinajstić information content (AvgIpc) is 3.11. The van der Waals surface area contributed by atoms with Gasteiger partial charge in [-0.3, -0.25) is 4.79 Å². The van der Waals surface area contributed by atoms with Gasteiger partial charge in [0.05, 0.1) is 16.6 Å². The Morgan fingerprint density at radius 3 is 2.71 bits per heavy atom. The van der Waals surface area contributed by atoms with Crippen molar-refractivity contribution in [3.05, 3.63) is 23.0 Å². The highest BCUT2D eigenvalue weighted by molar-refractivity contribution is 6.06. The zero-order chi connectivity index (χ0) is 16.9. The molecule has 4 rings (SSSR count). The van der Waals surface area contributed by atoms with Gasteiger partial charge in [0.1, 0.15) is 0 Å². The van der Waals surface area contributed by atoms with Crippen LogP contribution in [0.15, 0.2) is 10.6 Å². The third-order valence-electron chi connectivity index (χ3n) is 5.72. The molecule has 0 atom stereocenters. The molecule has 2 aliphatic rings.